The van der Waals surface area contributed by atoms with E-state index >= 15 is 0 Å². The molecule has 4 N–H and O–H groups in total. The van der Waals surface area contributed by atoms with E-state index in [0.717, 1.165) is 12.8 Å². The summed E-state index contributed by atoms with van der Waals surface area (Å²) >= 11 is 0. The van der Waals surface area contributed by atoms with Crippen LogP contribution in [0.5, 0.6) is 11.6 Å². The smallest absolute Gasteiger partial charge is 0.405 e. The first kappa shape index (κ1) is 34.4. The molecule has 2 saturated carbocycles. The van der Waals surface area contributed by atoms with Crippen molar-refractivity contribution in [3.63, 3.8) is 0 Å². The van der Waals surface area contributed by atoms with Gasteiger partial charge in [0.05, 0.1) is 29.4 Å². The molecule has 5 atom stereocenters. The highest BCUT2D eigenvalue weighted by atomic mass is 32.2. The molecule has 4 aliphatic rings. The molecule has 0 radical (unpaired) electrons. The number of nitrogens with zero attached hydrogens (tertiary/aromatic N) is 3. The van der Waals surface area contributed by atoms with E-state index in [4.69, 9.17) is 9.47 Å². The fourth-order valence-corrected chi connectivity index (χ4v) is 7.91. The van der Waals surface area contributed by atoms with E-state index in [0.29, 0.717) is 48.2 Å². The molecule has 2 aliphatic heterocycles. The Balaban J connectivity index is 1.30. The first-order valence-electron chi connectivity index (χ1n) is 16.6. The van der Waals surface area contributed by atoms with Gasteiger partial charge >= 0.3 is 6.09 Å². The van der Waals surface area contributed by atoms with Gasteiger partial charge < -0.3 is 30.1 Å². The predicted molar refractivity (Wildman–Crippen MR) is 176 cm³/mol. The molecule has 0 unspecified atom stereocenters. The zero-order chi connectivity index (χ0) is 35.1. The van der Waals surface area contributed by atoms with Gasteiger partial charge in [0.1, 0.15) is 35.2 Å². The van der Waals surface area contributed by atoms with Crippen molar-refractivity contribution in [3.05, 3.63) is 36.0 Å². The van der Waals surface area contributed by atoms with Crippen molar-refractivity contribution in [3.8, 4) is 11.6 Å². The summed E-state index contributed by atoms with van der Waals surface area (Å²) in [5.74, 6) is -1.76. The molecule has 1 aromatic carbocycles. The van der Waals surface area contributed by atoms with E-state index in [1.165, 1.54) is 12.0 Å². The van der Waals surface area contributed by atoms with Gasteiger partial charge in [-0.3, -0.25) is 19.1 Å². The highest BCUT2D eigenvalue weighted by Gasteiger charge is 2.63. The lowest BCUT2D eigenvalue weighted by Crippen LogP contribution is -2.58. The zero-order valence-electron chi connectivity index (χ0n) is 27.7. The average Bonchev–Trinajstić information content (AvgIpc) is 3.93. The number of hydrogen-bond acceptors (Lipinski definition) is 10. The summed E-state index contributed by atoms with van der Waals surface area (Å²) in [6.07, 6.45) is 5.63. The second kappa shape index (κ2) is 13.1. The number of carbonyl (C=O) groups is 4. The normalized spacial score (nSPS) is 28.9. The van der Waals surface area contributed by atoms with Crippen molar-refractivity contribution < 1.29 is 42.2 Å². The topological polar surface area (TPSA) is 206 Å². The van der Waals surface area contributed by atoms with Gasteiger partial charge in [-0.1, -0.05) is 25.0 Å². The number of methoxy groups -OCH3 is 1. The highest BCUT2D eigenvalue weighted by Crippen LogP contribution is 2.47. The molecule has 4 amide bonds. The maximum Gasteiger partial charge on any atom is 0.405 e. The third-order valence-corrected chi connectivity index (χ3v) is 12.2. The Morgan fingerprint density at radius 2 is 1.90 bits per heavy atom. The third-order valence-electron chi connectivity index (χ3n) is 10.1. The summed E-state index contributed by atoms with van der Waals surface area (Å²) in [6, 6.07) is 2.98. The van der Waals surface area contributed by atoms with Crippen LogP contribution in [0.3, 0.4) is 0 Å². The molecule has 49 heavy (non-hydrogen) atoms. The van der Waals surface area contributed by atoms with Gasteiger partial charge in [-0.2, -0.15) is 0 Å². The van der Waals surface area contributed by atoms with Crippen molar-refractivity contribution in [1.82, 2.24) is 30.2 Å². The Morgan fingerprint density at radius 1 is 1.12 bits per heavy atom. The Morgan fingerprint density at radius 3 is 2.61 bits per heavy atom. The fraction of sp³-hybridized carbons (Fsp3) is 0.576. The van der Waals surface area contributed by atoms with Gasteiger partial charge in [0.15, 0.2) is 0 Å². The number of ether oxygens (including phenoxy) is 2. The number of amides is 4. The number of carboxylic acid groups (broad SMARTS) is 1. The summed E-state index contributed by atoms with van der Waals surface area (Å²) in [6.45, 7) is 3.23. The lowest BCUT2D eigenvalue weighted by atomic mass is 10.1. The first-order chi connectivity index (χ1) is 23.2. The summed E-state index contributed by atoms with van der Waals surface area (Å²) in [5.41, 5.74) is 0.0919. The number of rotatable bonds is 7. The number of allylic oxidation sites excluding steroid dienone is 1. The molecular weight excluding hydrogens is 656 g/mol. The second-order valence-corrected chi connectivity index (χ2v) is 15.9. The van der Waals surface area contributed by atoms with Gasteiger partial charge in [0, 0.05) is 18.4 Å². The van der Waals surface area contributed by atoms with Crippen LogP contribution in [0, 0.1) is 12.8 Å². The highest BCUT2D eigenvalue weighted by molar-refractivity contribution is 7.91. The van der Waals surface area contributed by atoms with Gasteiger partial charge in [-0.05, 0) is 64.5 Å². The molecule has 0 bridgehead atoms. The lowest BCUT2D eigenvalue weighted by Gasteiger charge is -2.29. The van der Waals surface area contributed by atoms with Crippen LogP contribution in [0.4, 0.5) is 4.79 Å². The summed E-state index contributed by atoms with van der Waals surface area (Å²) in [4.78, 5) is 64.0. The Labute approximate surface area is 284 Å². The van der Waals surface area contributed by atoms with Crippen LogP contribution in [0.2, 0.25) is 0 Å². The maximum atomic E-state index is 14.1. The Hall–Kier alpha value is -4.47. The van der Waals surface area contributed by atoms with Crippen LogP contribution in [-0.2, 0) is 24.4 Å². The van der Waals surface area contributed by atoms with Gasteiger partial charge in [0.25, 0.3) is 5.91 Å². The monoisotopic (exact) mass is 698 g/mol. The molecule has 3 fully saturated rings. The van der Waals surface area contributed by atoms with Crippen LogP contribution in [0.15, 0.2) is 30.4 Å². The molecular formula is C33H42N6O9S. The standard InChI is InChI=1S/C33H42N6O9S/c1-19-28(35-25-15-21(47-3)11-12-23(25)34-19)48-22-16-26-27(40)37-33(30(42)38-49(45,46)32(2)13-14-32)17-20(33)9-7-5-4-6-8-10-24(36-31(43)44)29(41)39(26)18-22/h7,9,11-12,15,20,22,24,26,36H,4-6,8,10,13-14,16-18H2,1-3H3,(H,37,40)(H,38,42)(H,43,44)/b9-7-/t20-,22-,24+,26+,33-/m1/s1. The van der Waals surface area contributed by atoms with E-state index in [1.807, 2.05) is 12.2 Å². The number of aryl methyl sites for hydroxylation is 1. The third kappa shape index (κ3) is 7.00. The largest absolute Gasteiger partial charge is 0.497 e. The second-order valence-electron chi connectivity index (χ2n) is 13.7. The number of nitrogens with one attached hydrogen (secondary N) is 3. The minimum atomic E-state index is -3.99. The van der Waals surface area contributed by atoms with Crippen molar-refractivity contribution in [2.24, 2.45) is 5.92 Å². The molecule has 1 aromatic heterocycles. The zero-order valence-corrected chi connectivity index (χ0v) is 28.5. The quantitative estimate of drug-likeness (QED) is 0.309. The van der Waals surface area contributed by atoms with E-state index in [2.05, 4.69) is 25.3 Å². The molecule has 3 heterocycles. The van der Waals surface area contributed by atoms with Crippen LogP contribution >= 0.6 is 0 Å². The van der Waals surface area contributed by atoms with Crippen molar-refractivity contribution in [2.45, 2.75) is 100 Å². The minimum absolute atomic E-state index is 0.00318. The molecule has 264 valence electrons. The molecule has 6 rings (SSSR count). The van der Waals surface area contributed by atoms with Crippen LogP contribution < -0.4 is 24.8 Å². The van der Waals surface area contributed by atoms with Gasteiger partial charge in [0.2, 0.25) is 27.7 Å². The molecule has 2 aliphatic carbocycles. The Kier molecular flexibility index (Phi) is 9.19. The summed E-state index contributed by atoms with van der Waals surface area (Å²) < 4.78 is 38.8. The van der Waals surface area contributed by atoms with Crippen LogP contribution in [-0.4, -0.2) is 94.3 Å². The number of hydrogen-bond donors (Lipinski definition) is 4. The molecule has 2 aromatic rings. The summed E-state index contributed by atoms with van der Waals surface area (Å²) in [5, 5.41) is 14.7. The maximum absolute atomic E-state index is 14.1. The molecule has 15 nitrogen and oxygen atoms in total. The molecule has 16 heteroatoms. The number of aromatic nitrogens is 2. The lowest BCUT2D eigenvalue weighted by molar-refractivity contribution is -0.141. The number of carbonyl (C=O) groups excluding carboxylic acids is 3. The van der Waals surface area contributed by atoms with Gasteiger partial charge in [-0.25, -0.2) is 23.2 Å². The first-order valence-corrected chi connectivity index (χ1v) is 18.1. The van der Waals surface area contributed by atoms with Crippen molar-refractivity contribution in [2.75, 3.05) is 13.7 Å². The van der Waals surface area contributed by atoms with Crippen molar-refractivity contribution in [1.29, 1.82) is 0 Å². The molecule has 1 saturated heterocycles. The Bertz CT molecular complexity index is 1810. The summed E-state index contributed by atoms with van der Waals surface area (Å²) in [7, 11) is -2.45. The van der Waals surface area contributed by atoms with Gasteiger partial charge in [-0.15, -0.1) is 0 Å². The van der Waals surface area contributed by atoms with Crippen LogP contribution in [0.1, 0.15) is 70.4 Å². The van der Waals surface area contributed by atoms with Crippen molar-refractivity contribution >= 4 is 44.9 Å². The van der Waals surface area contributed by atoms with Crippen LogP contribution in [0.25, 0.3) is 11.0 Å². The number of sulfonamides is 1. The van der Waals surface area contributed by atoms with E-state index in [-0.39, 0.29) is 31.7 Å². The minimum Gasteiger partial charge on any atom is -0.497 e. The predicted octanol–water partition coefficient (Wildman–Crippen LogP) is 2.33. The SMILES string of the molecule is COc1ccc2nc(C)c(O[C@@H]3C[C@H]4C(=O)N[C@]5(C(=O)NS(=O)(=O)C6(C)CC6)C[C@H]5/C=C\CCCCC[C@H](NC(=O)O)C(=O)N4C3)nc2c1. The number of benzene rings is 1. The van der Waals surface area contributed by atoms with E-state index < -0.39 is 68.2 Å². The fourth-order valence-electron chi connectivity index (χ4n) is 6.60. The van der Waals surface area contributed by atoms with E-state index in [1.54, 1.807) is 32.0 Å². The average molecular weight is 699 g/mol. The molecule has 0 spiro atoms. The number of fused-ring (bicyclic) bond motifs is 3. The van der Waals surface area contributed by atoms with E-state index in [9.17, 15) is 32.7 Å².